The number of halogens is 1. The third kappa shape index (κ3) is 2.94. The SMILES string of the molecule is O=C(NO)c1ccc(CN2CCCc3cc([18F])ccc32)cc1. The van der Waals surface area contributed by atoms with E-state index in [1.807, 2.05) is 18.2 Å². The molecule has 1 heterocycles. The molecule has 2 aromatic carbocycles. The molecule has 0 radical (unpaired) electrons. The summed E-state index contributed by atoms with van der Waals surface area (Å²) in [6.07, 6.45) is 1.90. The van der Waals surface area contributed by atoms with Crippen molar-refractivity contribution < 1.29 is 14.4 Å². The van der Waals surface area contributed by atoms with Gasteiger partial charge in [0.05, 0.1) is 0 Å². The molecule has 0 aromatic heterocycles. The summed E-state index contributed by atoms with van der Waals surface area (Å²) >= 11 is 0. The first-order valence-corrected chi connectivity index (χ1v) is 7.24. The Balaban J connectivity index is 1.78. The van der Waals surface area contributed by atoms with Crippen LogP contribution in [0.4, 0.5) is 10.1 Å². The smallest absolute Gasteiger partial charge is 0.274 e. The van der Waals surface area contributed by atoms with Gasteiger partial charge in [-0.25, -0.2) is 9.87 Å². The molecule has 22 heavy (non-hydrogen) atoms. The number of hydrogen-bond donors (Lipinski definition) is 2. The van der Waals surface area contributed by atoms with Crippen molar-refractivity contribution in [3.63, 3.8) is 0 Å². The van der Waals surface area contributed by atoms with Gasteiger partial charge < -0.3 is 4.90 Å². The minimum Gasteiger partial charge on any atom is -0.367 e. The fraction of sp³-hybridized carbons (Fsp3) is 0.235. The van der Waals surface area contributed by atoms with Crippen LogP contribution in [0.25, 0.3) is 0 Å². The lowest BCUT2D eigenvalue weighted by molar-refractivity contribution is 0.0706. The van der Waals surface area contributed by atoms with Gasteiger partial charge in [0.1, 0.15) is 5.82 Å². The molecular weight excluding hydrogens is 282 g/mol. The first-order chi connectivity index (χ1) is 10.7. The Hall–Kier alpha value is -2.40. The van der Waals surface area contributed by atoms with Gasteiger partial charge in [0, 0.05) is 24.3 Å². The molecule has 4 nitrogen and oxygen atoms in total. The second-order valence-corrected chi connectivity index (χ2v) is 5.44. The molecule has 0 saturated heterocycles. The molecule has 5 heteroatoms. The van der Waals surface area contributed by atoms with E-state index >= 15 is 0 Å². The van der Waals surface area contributed by atoms with Crippen molar-refractivity contribution >= 4 is 11.6 Å². The molecular formula is C17H17FN2O2. The van der Waals surface area contributed by atoms with E-state index in [1.54, 1.807) is 23.7 Å². The molecule has 3 rings (SSSR count). The first-order valence-electron chi connectivity index (χ1n) is 7.24. The third-order valence-corrected chi connectivity index (χ3v) is 3.95. The molecule has 0 atom stereocenters. The topological polar surface area (TPSA) is 52.6 Å². The van der Waals surface area contributed by atoms with Crippen LogP contribution in [0, 0.1) is 5.82 Å². The van der Waals surface area contributed by atoms with Gasteiger partial charge in [-0.1, -0.05) is 12.1 Å². The molecule has 0 unspecified atom stereocenters. The molecule has 0 fully saturated rings. The molecule has 2 N–H and O–H groups in total. The van der Waals surface area contributed by atoms with Gasteiger partial charge in [0.15, 0.2) is 0 Å². The zero-order chi connectivity index (χ0) is 15.5. The molecule has 114 valence electrons. The summed E-state index contributed by atoms with van der Waals surface area (Å²) in [6, 6.07) is 12.0. The Morgan fingerprint density at radius 2 is 2.00 bits per heavy atom. The van der Waals surface area contributed by atoms with E-state index in [9.17, 15) is 9.18 Å². The average Bonchev–Trinajstić information content (AvgIpc) is 2.55. The molecule has 0 spiro atoms. The van der Waals surface area contributed by atoms with Gasteiger partial charge in [-0.2, -0.15) is 0 Å². The Labute approximate surface area is 128 Å². The maximum atomic E-state index is 13.3. The molecule has 0 aliphatic carbocycles. The Morgan fingerprint density at radius 3 is 2.73 bits per heavy atom. The van der Waals surface area contributed by atoms with Crippen LogP contribution in [0.3, 0.4) is 0 Å². The van der Waals surface area contributed by atoms with Crippen LogP contribution in [-0.4, -0.2) is 17.7 Å². The van der Waals surface area contributed by atoms with Crippen LogP contribution in [0.15, 0.2) is 42.5 Å². The normalized spacial score (nSPS) is 13.6. The number of aryl methyl sites for hydroxylation is 1. The molecule has 0 saturated carbocycles. The van der Waals surface area contributed by atoms with Crippen LogP contribution >= 0.6 is 0 Å². The predicted molar refractivity (Wildman–Crippen MR) is 81.5 cm³/mol. The van der Waals surface area contributed by atoms with E-state index in [-0.39, 0.29) is 5.82 Å². The van der Waals surface area contributed by atoms with E-state index in [0.717, 1.165) is 36.2 Å². The predicted octanol–water partition coefficient (Wildman–Crippen LogP) is 2.90. The summed E-state index contributed by atoms with van der Waals surface area (Å²) in [5, 5.41) is 8.61. The zero-order valence-electron chi connectivity index (χ0n) is 12.1. The maximum absolute atomic E-state index is 13.3. The van der Waals surface area contributed by atoms with Gasteiger partial charge in [-0.3, -0.25) is 10.0 Å². The minimum atomic E-state index is -0.523. The summed E-state index contributed by atoms with van der Waals surface area (Å²) in [5.74, 6) is -0.717. The maximum Gasteiger partial charge on any atom is 0.274 e. The van der Waals surface area contributed by atoms with Crippen molar-refractivity contribution in [2.75, 3.05) is 11.4 Å². The zero-order valence-corrected chi connectivity index (χ0v) is 12.1. The van der Waals surface area contributed by atoms with Crippen LogP contribution in [0.5, 0.6) is 0 Å². The van der Waals surface area contributed by atoms with Gasteiger partial charge >= 0.3 is 0 Å². The molecule has 0 bridgehead atoms. The number of amides is 1. The third-order valence-electron chi connectivity index (χ3n) is 3.95. The second kappa shape index (κ2) is 6.15. The lowest BCUT2D eigenvalue weighted by Gasteiger charge is -2.31. The van der Waals surface area contributed by atoms with Crippen molar-refractivity contribution in [1.82, 2.24) is 5.48 Å². The number of benzene rings is 2. The number of hydrogen-bond acceptors (Lipinski definition) is 3. The second-order valence-electron chi connectivity index (χ2n) is 5.44. The van der Waals surface area contributed by atoms with E-state index in [4.69, 9.17) is 5.21 Å². The lowest BCUT2D eigenvalue weighted by atomic mass is 10.0. The van der Waals surface area contributed by atoms with Crippen LogP contribution in [-0.2, 0) is 13.0 Å². The number of rotatable bonds is 3. The fourth-order valence-electron chi connectivity index (χ4n) is 2.85. The first kappa shape index (κ1) is 14.5. The standard InChI is InChI=1S/C17H17FN2O2/c18-15-7-8-16-14(10-15)2-1-9-20(16)11-12-3-5-13(6-4-12)17(21)19-22/h3-8,10,22H,1-2,9,11H2,(H,19,21)/i18-1. The summed E-state index contributed by atoms with van der Waals surface area (Å²) < 4.78 is 13.3. The number of fused-ring (bicyclic) bond motifs is 1. The van der Waals surface area contributed by atoms with Gasteiger partial charge in [-0.15, -0.1) is 0 Å². The molecule has 1 amide bonds. The van der Waals surface area contributed by atoms with E-state index in [1.165, 1.54) is 6.07 Å². The number of carbonyl (C=O) groups excluding carboxylic acids is 1. The van der Waals surface area contributed by atoms with E-state index < -0.39 is 5.91 Å². The highest BCUT2D eigenvalue weighted by Crippen LogP contribution is 2.29. The fourth-order valence-corrected chi connectivity index (χ4v) is 2.85. The van der Waals surface area contributed by atoms with Crippen molar-refractivity contribution in [2.45, 2.75) is 19.4 Å². The van der Waals surface area contributed by atoms with Gasteiger partial charge in [0.25, 0.3) is 5.91 Å². The molecule has 2 aromatic rings. The van der Waals surface area contributed by atoms with Gasteiger partial charge in [-0.05, 0) is 54.3 Å². The number of nitrogens with zero attached hydrogens (tertiary/aromatic N) is 1. The number of carbonyl (C=O) groups is 1. The summed E-state index contributed by atoms with van der Waals surface area (Å²) in [6.45, 7) is 1.64. The molecule has 1 aliphatic heterocycles. The van der Waals surface area contributed by atoms with Gasteiger partial charge in [0.2, 0.25) is 0 Å². The van der Waals surface area contributed by atoms with Crippen LogP contribution in [0.2, 0.25) is 0 Å². The Bertz CT molecular complexity index is 686. The highest BCUT2D eigenvalue weighted by atomic mass is 18.2. The Morgan fingerprint density at radius 1 is 1.23 bits per heavy atom. The van der Waals surface area contributed by atoms with Crippen LogP contribution in [0.1, 0.15) is 27.9 Å². The Kier molecular flexibility index (Phi) is 4.06. The quantitative estimate of drug-likeness (QED) is 0.677. The summed E-state index contributed by atoms with van der Waals surface area (Å²) in [4.78, 5) is 13.5. The van der Waals surface area contributed by atoms with Crippen molar-refractivity contribution in [3.05, 3.63) is 65.0 Å². The highest BCUT2D eigenvalue weighted by Gasteiger charge is 2.17. The lowest BCUT2D eigenvalue weighted by Crippen LogP contribution is -2.28. The molecule has 1 aliphatic rings. The van der Waals surface area contributed by atoms with Crippen molar-refractivity contribution in [1.29, 1.82) is 0 Å². The number of hydroxylamine groups is 1. The monoisotopic (exact) mass is 299 g/mol. The van der Waals surface area contributed by atoms with E-state index in [2.05, 4.69) is 4.90 Å². The summed E-state index contributed by atoms with van der Waals surface area (Å²) in [7, 11) is 0. The minimum absolute atomic E-state index is 0.194. The largest absolute Gasteiger partial charge is 0.367 e. The van der Waals surface area contributed by atoms with Crippen molar-refractivity contribution in [2.24, 2.45) is 0 Å². The number of anilines is 1. The van der Waals surface area contributed by atoms with Crippen molar-refractivity contribution in [3.8, 4) is 0 Å². The average molecular weight is 299 g/mol. The van der Waals surface area contributed by atoms with Crippen LogP contribution < -0.4 is 10.4 Å². The highest BCUT2D eigenvalue weighted by molar-refractivity contribution is 5.93. The van der Waals surface area contributed by atoms with E-state index in [0.29, 0.717) is 12.1 Å². The number of nitrogens with one attached hydrogen (secondary N) is 1. The summed E-state index contributed by atoms with van der Waals surface area (Å²) in [5.41, 5.74) is 5.20.